The Morgan fingerprint density at radius 3 is 2.57 bits per heavy atom. The van der Waals surface area contributed by atoms with Crippen LogP contribution >= 0.6 is 0 Å². The average molecular weight is 371 g/mol. The Bertz CT molecular complexity index is 1210. The molecule has 0 aliphatic carbocycles. The number of aryl methyl sites for hydroxylation is 1. The second kappa shape index (κ2) is 7.64. The summed E-state index contributed by atoms with van der Waals surface area (Å²) >= 11 is 0. The van der Waals surface area contributed by atoms with Gasteiger partial charge in [0.2, 0.25) is 5.91 Å². The largest absolute Gasteiger partial charge is 0.350 e. The molecule has 1 heterocycles. The van der Waals surface area contributed by atoms with E-state index in [2.05, 4.69) is 33.5 Å². The second-order valence-electron chi connectivity index (χ2n) is 6.89. The summed E-state index contributed by atoms with van der Waals surface area (Å²) in [5.74, 6) is 0.452. The van der Waals surface area contributed by atoms with Crippen LogP contribution in [0.15, 0.2) is 71.5 Å². The van der Waals surface area contributed by atoms with E-state index >= 15 is 0 Å². The molecular formula is C23H21N3O2. The van der Waals surface area contributed by atoms with Crippen molar-refractivity contribution in [2.45, 2.75) is 25.8 Å². The summed E-state index contributed by atoms with van der Waals surface area (Å²) in [6.07, 6.45) is 0.643. The number of aromatic nitrogens is 2. The molecule has 0 bridgehead atoms. The van der Waals surface area contributed by atoms with E-state index in [-0.39, 0.29) is 23.9 Å². The number of hydrogen-bond acceptors (Lipinski definition) is 3. The Morgan fingerprint density at radius 2 is 1.71 bits per heavy atom. The molecule has 28 heavy (non-hydrogen) atoms. The van der Waals surface area contributed by atoms with Crippen LogP contribution in [0.1, 0.15) is 30.8 Å². The van der Waals surface area contributed by atoms with Crippen LogP contribution in [0.2, 0.25) is 0 Å². The summed E-state index contributed by atoms with van der Waals surface area (Å²) in [5.41, 5.74) is 1.56. The molecule has 0 fully saturated rings. The van der Waals surface area contributed by atoms with Crippen LogP contribution in [0.25, 0.3) is 21.7 Å². The molecule has 4 aromatic rings. The van der Waals surface area contributed by atoms with Crippen molar-refractivity contribution in [1.29, 1.82) is 0 Å². The number of nitrogens with one attached hydrogen (secondary N) is 2. The molecule has 3 aromatic carbocycles. The molecule has 4 rings (SSSR count). The number of fused-ring (bicyclic) bond motifs is 2. The lowest BCUT2D eigenvalue weighted by Crippen LogP contribution is -2.27. The summed E-state index contributed by atoms with van der Waals surface area (Å²) in [6.45, 7) is 1.98. The normalized spacial score (nSPS) is 12.2. The van der Waals surface area contributed by atoms with Gasteiger partial charge in [-0.25, -0.2) is 4.98 Å². The zero-order valence-corrected chi connectivity index (χ0v) is 15.6. The molecule has 0 radical (unpaired) electrons. The van der Waals surface area contributed by atoms with E-state index in [1.807, 2.05) is 37.3 Å². The molecule has 5 heteroatoms. The predicted molar refractivity (Wildman–Crippen MR) is 111 cm³/mol. The van der Waals surface area contributed by atoms with Crippen LogP contribution in [0.4, 0.5) is 0 Å². The Hall–Kier alpha value is -3.47. The molecule has 1 unspecified atom stereocenters. The van der Waals surface area contributed by atoms with Crippen molar-refractivity contribution in [3.05, 3.63) is 88.5 Å². The molecule has 0 saturated heterocycles. The van der Waals surface area contributed by atoms with Gasteiger partial charge in [-0.3, -0.25) is 9.59 Å². The number of carbonyl (C=O) groups is 1. The third kappa shape index (κ3) is 3.64. The molecule has 1 aromatic heterocycles. The van der Waals surface area contributed by atoms with Gasteiger partial charge in [-0.15, -0.1) is 0 Å². The molecule has 140 valence electrons. The lowest BCUT2D eigenvalue weighted by molar-refractivity contribution is -0.121. The van der Waals surface area contributed by atoms with E-state index in [4.69, 9.17) is 0 Å². The molecule has 5 nitrogen and oxygen atoms in total. The minimum Gasteiger partial charge on any atom is -0.350 e. The highest BCUT2D eigenvalue weighted by molar-refractivity contribution is 5.87. The van der Waals surface area contributed by atoms with Crippen molar-refractivity contribution in [1.82, 2.24) is 15.3 Å². The molecular weight excluding hydrogens is 350 g/mol. The number of hydrogen-bond donors (Lipinski definition) is 2. The molecule has 0 saturated carbocycles. The number of benzene rings is 3. The predicted octanol–water partition coefficient (Wildman–Crippen LogP) is 3.89. The summed E-state index contributed by atoms with van der Waals surface area (Å²) in [7, 11) is 0. The first-order chi connectivity index (χ1) is 13.6. The highest BCUT2D eigenvalue weighted by Gasteiger charge is 2.13. The van der Waals surface area contributed by atoms with Crippen molar-refractivity contribution in [3.8, 4) is 0 Å². The van der Waals surface area contributed by atoms with Gasteiger partial charge in [-0.1, -0.05) is 54.6 Å². The minimum absolute atomic E-state index is 0.0729. The molecule has 1 amide bonds. The van der Waals surface area contributed by atoms with Gasteiger partial charge in [0.25, 0.3) is 5.56 Å². The summed E-state index contributed by atoms with van der Waals surface area (Å²) in [5, 5.41) is 5.90. The van der Waals surface area contributed by atoms with Crippen molar-refractivity contribution >= 4 is 27.6 Å². The quantitative estimate of drug-likeness (QED) is 0.559. The molecule has 2 N–H and O–H groups in total. The van der Waals surface area contributed by atoms with Crippen molar-refractivity contribution < 1.29 is 4.79 Å². The molecule has 1 atom stereocenters. The highest BCUT2D eigenvalue weighted by Crippen LogP contribution is 2.24. The smallest absolute Gasteiger partial charge is 0.258 e. The number of amides is 1. The Labute approximate surface area is 162 Å². The van der Waals surface area contributed by atoms with Gasteiger partial charge in [-0.05, 0) is 35.4 Å². The lowest BCUT2D eigenvalue weighted by atomic mass is 9.99. The van der Waals surface area contributed by atoms with Crippen LogP contribution in [-0.4, -0.2) is 15.9 Å². The maximum absolute atomic E-state index is 12.5. The Balaban J connectivity index is 1.45. The van der Waals surface area contributed by atoms with Crippen LogP contribution < -0.4 is 10.9 Å². The SMILES string of the molecule is CC(NC(=O)CCc1nc2ccccc2c(=O)[nH]1)c1cccc2ccccc12. The van der Waals surface area contributed by atoms with Crippen LogP contribution in [0, 0.1) is 0 Å². The fraction of sp³-hybridized carbons (Fsp3) is 0.174. The van der Waals surface area contributed by atoms with Crippen molar-refractivity contribution in [3.63, 3.8) is 0 Å². The van der Waals surface area contributed by atoms with Gasteiger partial charge in [0.05, 0.1) is 16.9 Å². The first-order valence-corrected chi connectivity index (χ1v) is 9.37. The van der Waals surface area contributed by atoms with Gasteiger partial charge in [0.1, 0.15) is 5.82 Å². The number of H-pyrrole nitrogens is 1. The Kier molecular flexibility index (Phi) is 4.89. The number of para-hydroxylation sites is 1. The summed E-state index contributed by atoms with van der Waals surface area (Å²) < 4.78 is 0. The average Bonchev–Trinajstić information content (AvgIpc) is 2.72. The fourth-order valence-electron chi connectivity index (χ4n) is 3.50. The molecule has 0 spiro atoms. The van der Waals surface area contributed by atoms with E-state index in [1.165, 1.54) is 0 Å². The molecule has 0 aliphatic heterocycles. The zero-order chi connectivity index (χ0) is 19.5. The van der Waals surface area contributed by atoms with E-state index in [1.54, 1.807) is 18.2 Å². The summed E-state index contributed by atoms with van der Waals surface area (Å²) in [6, 6.07) is 21.3. The monoisotopic (exact) mass is 371 g/mol. The van der Waals surface area contributed by atoms with Gasteiger partial charge in [0, 0.05) is 12.8 Å². The first kappa shape index (κ1) is 17.9. The topological polar surface area (TPSA) is 74.8 Å². The maximum Gasteiger partial charge on any atom is 0.258 e. The van der Waals surface area contributed by atoms with E-state index in [0.29, 0.717) is 23.1 Å². The van der Waals surface area contributed by atoms with E-state index in [0.717, 1.165) is 16.3 Å². The number of carbonyl (C=O) groups excluding carboxylic acids is 1. The highest BCUT2D eigenvalue weighted by atomic mass is 16.1. The molecule has 0 aliphatic rings. The number of nitrogens with zero attached hydrogens (tertiary/aromatic N) is 1. The third-order valence-electron chi connectivity index (χ3n) is 4.92. The van der Waals surface area contributed by atoms with E-state index in [9.17, 15) is 9.59 Å². The second-order valence-corrected chi connectivity index (χ2v) is 6.89. The number of aromatic amines is 1. The summed E-state index contributed by atoms with van der Waals surface area (Å²) in [4.78, 5) is 31.8. The zero-order valence-electron chi connectivity index (χ0n) is 15.6. The standard InChI is InChI=1S/C23H21N3O2/c1-15(17-11-6-8-16-7-2-3-9-18(16)17)24-22(27)14-13-21-25-20-12-5-4-10-19(20)23(28)26-21/h2-12,15H,13-14H2,1H3,(H,24,27)(H,25,26,28). The lowest BCUT2D eigenvalue weighted by Gasteiger charge is -2.16. The van der Waals surface area contributed by atoms with Crippen molar-refractivity contribution in [2.75, 3.05) is 0 Å². The third-order valence-corrected chi connectivity index (χ3v) is 4.92. The van der Waals surface area contributed by atoms with Crippen LogP contribution in [0.3, 0.4) is 0 Å². The van der Waals surface area contributed by atoms with Gasteiger partial charge < -0.3 is 10.3 Å². The van der Waals surface area contributed by atoms with E-state index < -0.39 is 0 Å². The van der Waals surface area contributed by atoms with Crippen molar-refractivity contribution in [2.24, 2.45) is 0 Å². The van der Waals surface area contributed by atoms with Crippen LogP contribution in [0.5, 0.6) is 0 Å². The number of rotatable bonds is 5. The fourth-order valence-corrected chi connectivity index (χ4v) is 3.50. The van der Waals surface area contributed by atoms with Gasteiger partial charge in [0.15, 0.2) is 0 Å². The van der Waals surface area contributed by atoms with Gasteiger partial charge >= 0.3 is 0 Å². The maximum atomic E-state index is 12.5. The first-order valence-electron chi connectivity index (χ1n) is 9.37. The van der Waals surface area contributed by atoms with Crippen LogP contribution in [-0.2, 0) is 11.2 Å². The van der Waals surface area contributed by atoms with Gasteiger partial charge in [-0.2, -0.15) is 0 Å². The Morgan fingerprint density at radius 1 is 1.00 bits per heavy atom. The minimum atomic E-state index is -0.176.